The van der Waals surface area contributed by atoms with Crippen LogP contribution in [0.1, 0.15) is 26.7 Å². The van der Waals surface area contributed by atoms with Gasteiger partial charge >= 0.3 is 0 Å². The molecule has 0 saturated carbocycles. The molecule has 0 aromatic rings. The molecule has 94 valence electrons. The smallest absolute Gasteiger partial charge is 0.0265 e. The quantitative estimate of drug-likeness (QED) is 0.644. The molecule has 0 spiro atoms. The number of hydrogen-bond acceptors (Lipinski definition) is 0. The maximum atomic E-state index is 2.43. The monoisotopic (exact) mass is 248 g/mol. The van der Waals surface area contributed by atoms with Gasteiger partial charge in [0.15, 0.2) is 0 Å². The van der Waals surface area contributed by atoms with Crippen LogP contribution in [0.15, 0.2) is 48.6 Å². The van der Waals surface area contributed by atoms with E-state index in [1.807, 2.05) is 0 Å². The van der Waals surface area contributed by atoms with Gasteiger partial charge in [-0.1, -0.05) is 62.5 Å². The first-order chi connectivity index (χ1) is 8.33. The van der Waals surface area contributed by atoms with Crippen LogP contribution in [-0.2, 0) is 0 Å². The van der Waals surface area contributed by atoms with Gasteiger partial charge in [0.05, 0.1) is 0 Å². The molecule has 0 atom stereocenters. The largest absolute Gasteiger partial charge is 0.221 e. The molecule has 2 aliphatic rings. The Hall–Kier alpha value is -0.690. The number of rotatable bonds is 6. The summed E-state index contributed by atoms with van der Waals surface area (Å²) in [5, 5.41) is 1.42. The van der Waals surface area contributed by atoms with Crippen LogP contribution in [-0.4, -0.2) is 22.0 Å². The second-order valence-corrected chi connectivity index (χ2v) is 8.80. The normalized spacial score (nSPS) is 20.8. The van der Waals surface area contributed by atoms with Gasteiger partial charge in [-0.05, 0) is 24.3 Å². The van der Waals surface area contributed by atoms with Crippen LogP contribution in [0, 0.1) is 0 Å². The molecule has 2 aliphatic carbocycles. The highest BCUT2D eigenvalue weighted by Crippen LogP contribution is 2.60. The SMILES string of the molecule is CCCS(CCC)(C1C=CC=C1)C1C=CC=C1. The third kappa shape index (κ3) is 2.44. The molecular weight excluding hydrogens is 224 g/mol. The average Bonchev–Trinajstić information content (AvgIpc) is 3.02. The molecule has 0 radical (unpaired) electrons. The summed E-state index contributed by atoms with van der Waals surface area (Å²) in [7, 11) is -0.601. The maximum Gasteiger partial charge on any atom is 0.0265 e. The van der Waals surface area contributed by atoms with Crippen molar-refractivity contribution in [2.75, 3.05) is 11.5 Å². The molecule has 0 aromatic heterocycles. The summed E-state index contributed by atoms with van der Waals surface area (Å²) in [6.45, 7) is 4.67. The minimum atomic E-state index is -0.601. The van der Waals surface area contributed by atoms with Crippen molar-refractivity contribution in [1.29, 1.82) is 0 Å². The molecule has 0 unspecified atom stereocenters. The second kappa shape index (κ2) is 5.77. The topological polar surface area (TPSA) is 0 Å². The van der Waals surface area contributed by atoms with Crippen molar-refractivity contribution in [2.45, 2.75) is 37.2 Å². The molecular formula is C16H24S. The van der Waals surface area contributed by atoms with E-state index in [9.17, 15) is 0 Å². The molecule has 0 aliphatic heterocycles. The van der Waals surface area contributed by atoms with E-state index in [1.54, 1.807) is 0 Å². The number of hydrogen-bond donors (Lipinski definition) is 0. The van der Waals surface area contributed by atoms with Crippen molar-refractivity contribution in [3.8, 4) is 0 Å². The van der Waals surface area contributed by atoms with E-state index in [0.29, 0.717) is 10.5 Å². The summed E-state index contributed by atoms with van der Waals surface area (Å²) in [4.78, 5) is 0. The van der Waals surface area contributed by atoms with Gasteiger partial charge in [0.25, 0.3) is 0 Å². The van der Waals surface area contributed by atoms with Crippen molar-refractivity contribution < 1.29 is 0 Å². The molecule has 2 rings (SSSR count). The zero-order chi connectivity index (χ0) is 12.1. The predicted octanol–water partition coefficient (Wildman–Crippen LogP) is 4.60. The van der Waals surface area contributed by atoms with Crippen LogP contribution in [0.2, 0.25) is 0 Å². The first-order valence-electron chi connectivity index (χ1n) is 6.80. The molecule has 0 aromatic carbocycles. The third-order valence-corrected chi connectivity index (χ3v) is 8.81. The van der Waals surface area contributed by atoms with E-state index in [1.165, 1.54) is 24.3 Å². The molecule has 0 heterocycles. The standard InChI is InChI=1S/C16H24S/c1-3-13-17(14-4-2,15-9-5-6-10-15)16-11-7-8-12-16/h5-12,15-16H,3-4,13-14H2,1-2H3. The van der Waals surface area contributed by atoms with Crippen molar-refractivity contribution in [2.24, 2.45) is 0 Å². The Labute approximate surface area is 108 Å². The molecule has 0 saturated heterocycles. The Morgan fingerprint density at radius 3 is 1.35 bits per heavy atom. The third-order valence-electron chi connectivity index (χ3n) is 3.68. The summed E-state index contributed by atoms with van der Waals surface area (Å²) < 4.78 is 0. The zero-order valence-corrected chi connectivity index (χ0v) is 11.8. The highest BCUT2D eigenvalue weighted by molar-refractivity contribution is 8.35. The van der Waals surface area contributed by atoms with E-state index < -0.39 is 10.0 Å². The minimum Gasteiger partial charge on any atom is -0.221 e. The Bertz CT molecular complexity index is 300. The molecule has 0 amide bonds. The summed E-state index contributed by atoms with van der Waals surface area (Å²) in [6.07, 6.45) is 21.3. The Balaban J connectivity index is 2.30. The molecule has 0 fully saturated rings. The van der Waals surface area contributed by atoms with Gasteiger partial charge in [0.1, 0.15) is 0 Å². The van der Waals surface area contributed by atoms with Crippen molar-refractivity contribution in [1.82, 2.24) is 0 Å². The summed E-state index contributed by atoms with van der Waals surface area (Å²) in [5.41, 5.74) is 0. The van der Waals surface area contributed by atoms with Gasteiger partial charge in [-0.15, -0.1) is 0 Å². The highest BCUT2D eigenvalue weighted by Gasteiger charge is 2.35. The van der Waals surface area contributed by atoms with Crippen molar-refractivity contribution in [3.05, 3.63) is 48.6 Å². The van der Waals surface area contributed by atoms with Crippen molar-refractivity contribution in [3.63, 3.8) is 0 Å². The van der Waals surface area contributed by atoms with Crippen LogP contribution >= 0.6 is 10.0 Å². The molecule has 0 nitrogen and oxygen atoms in total. The van der Waals surface area contributed by atoms with E-state index in [2.05, 4.69) is 62.5 Å². The van der Waals surface area contributed by atoms with Crippen LogP contribution in [0.4, 0.5) is 0 Å². The van der Waals surface area contributed by atoms with E-state index in [0.717, 1.165) is 0 Å². The van der Waals surface area contributed by atoms with Crippen LogP contribution in [0.5, 0.6) is 0 Å². The first-order valence-corrected chi connectivity index (χ1v) is 8.89. The second-order valence-electron chi connectivity index (χ2n) is 4.88. The van der Waals surface area contributed by atoms with Crippen LogP contribution in [0.3, 0.4) is 0 Å². The zero-order valence-electron chi connectivity index (χ0n) is 11.0. The molecule has 1 heteroatoms. The number of allylic oxidation sites excluding steroid dienone is 4. The molecule has 0 bridgehead atoms. The summed E-state index contributed by atoms with van der Waals surface area (Å²) >= 11 is 0. The lowest BCUT2D eigenvalue weighted by molar-refractivity contribution is 1.03. The van der Waals surface area contributed by atoms with Crippen LogP contribution < -0.4 is 0 Å². The van der Waals surface area contributed by atoms with Gasteiger partial charge < -0.3 is 0 Å². The fourth-order valence-corrected chi connectivity index (χ4v) is 7.83. The fraction of sp³-hybridized carbons (Fsp3) is 0.500. The fourth-order valence-electron chi connectivity index (χ4n) is 3.04. The van der Waals surface area contributed by atoms with Gasteiger partial charge in [0, 0.05) is 10.5 Å². The van der Waals surface area contributed by atoms with Crippen LogP contribution in [0.25, 0.3) is 0 Å². The maximum absolute atomic E-state index is 2.43. The lowest BCUT2D eigenvalue weighted by atomic mass is 10.4. The van der Waals surface area contributed by atoms with E-state index >= 15 is 0 Å². The van der Waals surface area contributed by atoms with E-state index in [-0.39, 0.29) is 0 Å². The lowest BCUT2D eigenvalue weighted by Crippen LogP contribution is -2.28. The Morgan fingerprint density at radius 2 is 1.06 bits per heavy atom. The Kier molecular flexibility index (Phi) is 4.33. The van der Waals surface area contributed by atoms with Gasteiger partial charge in [-0.2, -0.15) is 0 Å². The summed E-state index contributed by atoms with van der Waals surface area (Å²) in [6, 6.07) is 0. The highest BCUT2D eigenvalue weighted by atomic mass is 32.3. The van der Waals surface area contributed by atoms with Gasteiger partial charge in [-0.25, -0.2) is 10.0 Å². The lowest BCUT2D eigenvalue weighted by Gasteiger charge is -2.48. The predicted molar refractivity (Wildman–Crippen MR) is 82.0 cm³/mol. The van der Waals surface area contributed by atoms with Crippen molar-refractivity contribution >= 4 is 10.0 Å². The molecule has 17 heavy (non-hydrogen) atoms. The Morgan fingerprint density at radius 1 is 0.706 bits per heavy atom. The van der Waals surface area contributed by atoms with Gasteiger partial charge in [-0.3, -0.25) is 0 Å². The first kappa shape index (κ1) is 12.8. The minimum absolute atomic E-state index is 0.601. The van der Waals surface area contributed by atoms with E-state index in [4.69, 9.17) is 0 Å². The van der Waals surface area contributed by atoms with Gasteiger partial charge in [0.2, 0.25) is 0 Å². The summed E-state index contributed by atoms with van der Waals surface area (Å²) in [5.74, 6) is 2.80. The average molecular weight is 248 g/mol. The molecule has 0 N–H and O–H groups in total.